The van der Waals surface area contributed by atoms with E-state index in [0.29, 0.717) is 0 Å². The fourth-order valence-corrected chi connectivity index (χ4v) is 2.53. The van der Waals surface area contributed by atoms with Gasteiger partial charge in [0.05, 0.1) is 6.54 Å². The molecule has 1 heterocycles. The number of aliphatic imine (C=N–C) groups is 1. The van der Waals surface area contributed by atoms with Crippen molar-refractivity contribution in [3.63, 3.8) is 0 Å². The van der Waals surface area contributed by atoms with Crippen LogP contribution in [0.4, 0.5) is 0 Å². The zero-order valence-electron chi connectivity index (χ0n) is 9.37. The summed E-state index contributed by atoms with van der Waals surface area (Å²) in [6.45, 7) is 2.06. The molecule has 0 aromatic rings. The molecular weight excluding hydrogens is 174 g/mol. The third-order valence-electron chi connectivity index (χ3n) is 3.47. The second-order valence-electron chi connectivity index (χ2n) is 4.51. The first-order valence-electron chi connectivity index (χ1n) is 5.77. The lowest BCUT2D eigenvalue weighted by Gasteiger charge is -2.34. The fourth-order valence-electron chi connectivity index (χ4n) is 2.53. The average Bonchev–Trinajstić information content (AvgIpc) is 2.65. The van der Waals surface area contributed by atoms with Gasteiger partial charge in [0.15, 0.2) is 5.96 Å². The molecule has 0 N–H and O–H groups in total. The molecule has 14 heavy (non-hydrogen) atoms. The number of hydrogen-bond acceptors (Lipinski definition) is 3. The molecule has 1 aliphatic carbocycles. The van der Waals surface area contributed by atoms with E-state index in [1.165, 1.54) is 38.1 Å². The average molecular weight is 195 g/mol. The highest BCUT2D eigenvalue weighted by molar-refractivity contribution is 5.81. The maximum atomic E-state index is 4.56. The van der Waals surface area contributed by atoms with Crippen LogP contribution in [0.3, 0.4) is 0 Å². The van der Waals surface area contributed by atoms with Crippen LogP contribution in [0.1, 0.15) is 32.1 Å². The Bertz CT molecular complexity index is 219. The van der Waals surface area contributed by atoms with Crippen molar-refractivity contribution < 1.29 is 0 Å². The lowest BCUT2D eigenvalue weighted by molar-refractivity contribution is 0.258. The van der Waals surface area contributed by atoms with E-state index in [-0.39, 0.29) is 0 Å². The van der Waals surface area contributed by atoms with Gasteiger partial charge in [-0.1, -0.05) is 19.3 Å². The first-order valence-corrected chi connectivity index (χ1v) is 5.77. The summed E-state index contributed by atoms with van der Waals surface area (Å²) in [7, 11) is 4.35. The largest absolute Gasteiger partial charge is 0.344 e. The van der Waals surface area contributed by atoms with E-state index in [1.54, 1.807) is 0 Å². The van der Waals surface area contributed by atoms with Crippen LogP contribution in [0.25, 0.3) is 0 Å². The third-order valence-corrected chi connectivity index (χ3v) is 3.47. The number of guanidine groups is 1. The Kier molecular flexibility index (Phi) is 2.94. The van der Waals surface area contributed by atoms with E-state index in [0.717, 1.165) is 19.1 Å². The van der Waals surface area contributed by atoms with Crippen molar-refractivity contribution in [3.8, 4) is 0 Å². The Morgan fingerprint density at radius 3 is 2.57 bits per heavy atom. The van der Waals surface area contributed by atoms with Crippen molar-refractivity contribution in [2.75, 3.05) is 27.2 Å². The van der Waals surface area contributed by atoms with Crippen LogP contribution in [0.2, 0.25) is 0 Å². The van der Waals surface area contributed by atoms with Gasteiger partial charge >= 0.3 is 0 Å². The van der Waals surface area contributed by atoms with Gasteiger partial charge in [-0.2, -0.15) is 0 Å². The van der Waals surface area contributed by atoms with Gasteiger partial charge < -0.3 is 9.80 Å². The van der Waals surface area contributed by atoms with Crippen LogP contribution in [0.5, 0.6) is 0 Å². The highest BCUT2D eigenvalue weighted by Crippen LogP contribution is 2.22. The Hall–Kier alpha value is -0.730. The SMILES string of the molecule is CN1CCN=C1N(C)C1CCCCC1. The first-order chi connectivity index (χ1) is 6.79. The van der Waals surface area contributed by atoms with Crippen molar-refractivity contribution in [2.24, 2.45) is 4.99 Å². The zero-order valence-corrected chi connectivity index (χ0v) is 9.37. The van der Waals surface area contributed by atoms with Crippen LogP contribution < -0.4 is 0 Å². The van der Waals surface area contributed by atoms with Gasteiger partial charge in [0, 0.05) is 26.7 Å². The molecule has 0 aromatic heterocycles. The number of rotatable bonds is 1. The molecule has 1 saturated carbocycles. The predicted molar refractivity (Wildman–Crippen MR) is 59.6 cm³/mol. The van der Waals surface area contributed by atoms with Gasteiger partial charge in [-0.05, 0) is 12.8 Å². The van der Waals surface area contributed by atoms with E-state index in [1.807, 2.05) is 0 Å². The second-order valence-corrected chi connectivity index (χ2v) is 4.51. The summed E-state index contributed by atoms with van der Waals surface area (Å²) in [5, 5.41) is 0. The Balaban J connectivity index is 1.96. The molecule has 0 unspecified atom stereocenters. The summed E-state index contributed by atoms with van der Waals surface area (Å²) < 4.78 is 0. The molecule has 0 bridgehead atoms. The number of nitrogens with zero attached hydrogens (tertiary/aromatic N) is 3. The Labute approximate surface area is 86.8 Å². The smallest absolute Gasteiger partial charge is 0.196 e. The molecule has 1 aliphatic heterocycles. The second kappa shape index (κ2) is 4.20. The Morgan fingerprint density at radius 1 is 1.29 bits per heavy atom. The molecular formula is C11H21N3. The molecule has 3 heteroatoms. The van der Waals surface area contributed by atoms with Crippen LogP contribution >= 0.6 is 0 Å². The van der Waals surface area contributed by atoms with E-state index < -0.39 is 0 Å². The van der Waals surface area contributed by atoms with E-state index in [4.69, 9.17) is 0 Å². The summed E-state index contributed by atoms with van der Waals surface area (Å²) >= 11 is 0. The zero-order chi connectivity index (χ0) is 9.97. The standard InChI is InChI=1S/C11H21N3/c1-13-9-8-12-11(13)14(2)10-6-4-3-5-7-10/h10H,3-9H2,1-2H3. The molecule has 0 atom stereocenters. The minimum absolute atomic E-state index is 0.739. The minimum atomic E-state index is 0.739. The summed E-state index contributed by atoms with van der Waals surface area (Å²) in [5.41, 5.74) is 0. The van der Waals surface area contributed by atoms with Crippen molar-refractivity contribution in [3.05, 3.63) is 0 Å². The molecule has 0 spiro atoms. The van der Waals surface area contributed by atoms with Gasteiger partial charge in [-0.3, -0.25) is 4.99 Å². The third kappa shape index (κ3) is 1.86. The molecule has 0 aromatic carbocycles. The van der Waals surface area contributed by atoms with Crippen LogP contribution in [-0.2, 0) is 0 Å². The van der Waals surface area contributed by atoms with Gasteiger partial charge in [0.2, 0.25) is 0 Å². The Morgan fingerprint density at radius 2 is 2.00 bits per heavy atom. The van der Waals surface area contributed by atoms with E-state index in [9.17, 15) is 0 Å². The van der Waals surface area contributed by atoms with Crippen molar-refractivity contribution in [2.45, 2.75) is 38.1 Å². The summed E-state index contributed by atoms with van der Waals surface area (Å²) in [4.78, 5) is 9.23. The molecule has 1 fully saturated rings. The molecule has 0 amide bonds. The van der Waals surface area contributed by atoms with Crippen LogP contribution in [0, 0.1) is 0 Å². The van der Waals surface area contributed by atoms with Crippen LogP contribution in [-0.4, -0.2) is 49.0 Å². The summed E-state index contributed by atoms with van der Waals surface area (Å²) in [6.07, 6.45) is 6.91. The highest BCUT2D eigenvalue weighted by Gasteiger charge is 2.24. The van der Waals surface area contributed by atoms with Gasteiger partial charge in [0.1, 0.15) is 0 Å². The van der Waals surface area contributed by atoms with Crippen molar-refractivity contribution in [1.82, 2.24) is 9.80 Å². The molecule has 0 saturated heterocycles. The van der Waals surface area contributed by atoms with E-state index >= 15 is 0 Å². The lowest BCUT2D eigenvalue weighted by Crippen LogP contribution is -2.44. The maximum Gasteiger partial charge on any atom is 0.196 e. The molecule has 3 nitrogen and oxygen atoms in total. The van der Waals surface area contributed by atoms with Gasteiger partial charge in [-0.15, -0.1) is 0 Å². The predicted octanol–water partition coefficient (Wildman–Crippen LogP) is 1.55. The monoisotopic (exact) mass is 195 g/mol. The number of hydrogen-bond donors (Lipinski definition) is 0. The molecule has 2 rings (SSSR count). The normalized spacial score (nSPS) is 23.9. The fraction of sp³-hybridized carbons (Fsp3) is 0.909. The first kappa shape index (κ1) is 9.81. The molecule has 80 valence electrons. The van der Waals surface area contributed by atoms with Crippen LogP contribution in [0.15, 0.2) is 4.99 Å². The van der Waals surface area contributed by atoms with Gasteiger partial charge in [-0.25, -0.2) is 0 Å². The van der Waals surface area contributed by atoms with Crippen molar-refractivity contribution >= 4 is 5.96 Å². The van der Waals surface area contributed by atoms with Crippen molar-refractivity contribution in [1.29, 1.82) is 0 Å². The molecule has 0 radical (unpaired) electrons. The lowest BCUT2D eigenvalue weighted by atomic mass is 9.95. The topological polar surface area (TPSA) is 18.8 Å². The highest BCUT2D eigenvalue weighted by atomic mass is 15.4. The summed E-state index contributed by atoms with van der Waals surface area (Å²) in [6, 6.07) is 0.739. The van der Waals surface area contributed by atoms with E-state index in [2.05, 4.69) is 28.9 Å². The summed E-state index contributed by atoms with van der Waals surface area (Å²) in [5.74, 6) is 1.21. The minimum Gasteiger partial charge on any atom is -0.344 e. The maximum absolute atomic E-state index is 4.56. The quantitative estimate of drug-likeness (QED) is 0.632. The number of likely N-dealkylation sites (N-methyl/N-ethyl adjacent to an activating group) is 1. The van der Waals surface area contributed by atoms with Gasteiger partial charge in [0.25, 0.3) is 0 Å². The molecule has 2 aliphatic rings.